The van der Waals surface area contributed by atoms with Crippen molar-refractivity contribution in [2.75, 3.05) is 13.7 Å². The molecule has 0 saturated carbocycles. The van der Waals surface area contributed by atoms with Crippen molar-refractivity contribution in [3.05, 3.63) is 29.8 Å². The van der Waals surface area contributed by atoms with Crippen molar-refractivity contribution in [1.29, 1.82) is 0 Å². The van der Waals surface area contributed by atoms with E-state index in [4.69, 9.17) is 9.84 Å². The molecule has 0 aliphatic heterocycles. The molecule has 0 radical (unpaired) electrons. The number of imide groups is 1. The largest absolute Gasteiger partial charge is 0.484 e. The fraction of sp³-hybridized carbons (Fsp3) is 0.250. The van der Waals surface area contributed by atoms with Crippen LogP contribution in [-0.4, -0.2) is 36.7 Å². The van der Waals surface area contributed by atoms with Gasteiger partial charge >= 0.3 is 12.0 Å². The molecule has 0 fully saturated rings. The van der Waals surface area contributed by atoms with Crippen molar-refractivity contribution in [2.24, 2.45) is 0 Å². The number of urea groups is 1. The molecule has 1 aromatic rings. The van der Waals surface area contributed by atoms with Crippen LogP contribution in [0.4, 0.5) is 4.79 Å². The SMILES string of the molecule is CNC(=O)NC(=O)COc1cccc(CC(=O)O)c1. The van der Waals surface area contributed by atoms with E-state index in [1.165, 1.54) is 13.1 Å². The molecule has 0 saturated heterocycles. The van der Waals surface area contributed by atoms with Gasteiger partial charge in [-0.1, -0.05) is 12.1 Å². The van der Waals surface area contributed by atoms with E-state index in [-0.39, 0.29) is 13.0 Å². The number of rotatable bonds is 5. The number of ether oxygens (including phenoxy) is 1. The Balaban J connectivity index is 2.51. The fourth-order valence-electron chi connectivity index (χ4n) is 1.29. The number of aliphatic carboxylic acids is 1. The number of carboxylic acid groups (broad SMARTS) is 1. The number of hydrogen-bond donors (Lipinski definition) is 3. The van der Waals surface area contributed by atoms with Crippen molar-refractivity contribution in [2.45, 2.75) is 6.42 Å². The molecule has 7 heteroatoms. The number of benzene rings is 1. The van der Waals surface area contributed by atoms with Gasteiger partial charge in [-0.15, -0.1) is 0 Å². The first-order valence-corrected chi connectivity index (χ1v) is 5.46. The Morgan fingerprint density at radius 2 is 2.05 bits per heavy atom. The molecule has 7 nitrogen and oxygen atoms in total. The van der Waals surface area contributed by atoms with Crippen LogP contribution in [0.25, 0.3) is 0 Å². The highest BCUT2D eigenvalue weighted by atomic mass is 16.5. The van der Waals surface area contributed by atoms with Gasteiger partial charge in [-0.2, -0.15) is 0 Å². The lowest BCUT2D eigenvalue weighted by Gasteiger charge is -2.07. The highest BCUT2D eigenvalue weighted by Gasteiger charge is 2.07. The summed E-state index contributed by atoms with van der Waals surface area (Å²) in [7, 11) is 1.39. The summed E-state index contributed by atoms with van der Waals surface area (Å²) in [6, 6.07) is 5.78. The zero-order chi connectivity index (χ0) is 14.3. The maximum Gasteiger partial charge on any atom is 0.321 e. The van der Waals surface area contributed by atoms with Gasteiger partial charge in [0.2, 0.25) is 0 Å². The first-order chi connectivity index (χ1) is 9.01. The summed E-state index contributed by atoms with van der Waals surface area (Å²) in [6.07, 6.45) is -0.123. The van der Waals surface area contributed by atoms with Crippen LogP contribution in [0.15, 0.2) is 24.3 Å². The second-order valence-electron chi connectivity index (χ2n) is 3.63. The second kappa shape index (κ2) is 7.00. The van der Waals surface area contributed by atoms with Crippen LogP contribution >= 0.6 is 0 Å². The van der Waals surface area contributed by atoms with Crippen molar-refractivity contribution in [1.82, 2.24) is 10.6 Å². The Bertz CT molecular complexity index is 487. The van der Waals surface area contributed by atoms with Gasteiger partial charge in [0.05, 0.1) is 6.42 Å². The Kier molecular flexibility index (Phi) is 5.34. The molecule has 1 rings (SSSR count). The highest BCUT2D eigenvalue weighted by molar-refractivity contribution is 5.94. The number of hydrogen-bond acceptors (Lipinski definition) is 4. The van der Waals surface area contributed by atoms with Crippen LogP contribution < -0.4 is 15.4 Å². The van der Waals surface area contributed by atoms with Crippen LogP contribution in [0.3, 0.4) is 0 Å². The topological polar surface area (TPSA) is 105 Å². The lowest BCUT2D eigenvalue weighted by Crippen LogP contribution is -2.39. The molecule has 0 atom stereocenters. The summed E-state index contributed by atoms with van der Waals surface area (Å²) in [5.41, 5.74) is 0.566. The number of carbonyl (C=O) groups is 3. The third kappa shape index (κ3) is 5.53. The zero-order valence-corrected chi connectivity index (χ0v) is 10.3. The van der Waals surface area contributed by atoms with Gasteiger partial charge in [0.1, 0.15) is 5.75 Å². The Morgan fingerprint density at radius 3 is 2.68 bits per heavy atom. The van der Waals surface area contributed by atoms with Crippen LogP contribution in [-0.2, 0) is 16.0 Å². The van der Waals surface area contributed by atoms with Gasteiger partial charge in [-0.05, 0) is 17.7 Å². The molecule has 0 bridgehead atoms. The summed E-state index contributed by atoms with van der Waals surface area (Å²) in [5, 5.41) is 12.9. The smallest absolute Gasteiger partial charge is 0.321 e. The van der Waals surface area contributed by atoms with Gasteiger partial charge in [0, 0.05) is 7.05 Å². The molecule has 3 N–H and O–H groups in total. The van der Waals surface area contributed by atoms with Crippen LogP contribution in [0, 0.1) is 0 Å². The molecule has 0 aliphatic rings. The minimum atomic E-state index is -0.950. The van der Waals surface area contributed by atoms with E-state index >= 15 is 0 Å². The lowest BCUT2D eigenvalue weighted by molar-refractivity contribution is -0.136. The van der Waals surface area contributed by atoms with Crippen molar-refractivity contribution in [3.63, 3.8) is 0 Å². The summed E-state index contributed by atoms with van der Waals surface area (Å²) in [4.78, 5) is 32.7. The van der Waals surface area contributed by atoms with Crippen LogP contribution in [0.1, 0.15) is 5.56 Å². The molecule has 0 unspecified atom stereocenters. The van der Waals surface area contributed by atoms with Crippen LogP contribution in [0.2, 0.25) is 0 Å². The summed E-state index contributed by atoms with van der Waals surface area (Å²) in [5.74, 6) is -1.18. The maximum absolute atomic E-state index is 11.3. The van der Waals surface area contributed by atoms with Crippen molar-refractivity contribution < 1.29 is 24.2 Å². The number of nitrogens with one attached hydrogen (secondary N) is 2. The van der Waals surface area contributed by atoms with Crippen molar-refractivity contribution in [3.8, 4) is 5.75 Å². The number of amides is 3. The van der Waals surface area contributed by atoms with Gasteiger partial charge in [-0.25, -0.2) is 4.79 Å². The van der Waals surface area contributed by atoms with Gasteiger partial charge in [0.15, 0.2) is 6.61 Å². The van der Waals surface area contributed by atoms with E-state index in [0.717, 1.165) is 0 Å². The zero-order valence-electron chi connectivity index (χ0n) is 10.3. The minimum absolute atomic E-state index is 0.123. The van der Waals surface area contributed by atoms with E-state index < -0.39 is 17.9 Å². The summed E-state index contributed by atoms with van der Waals surface area (Å²) >= 11 is 0. The Hall–Kier alpha value is -2.57. The van der Waals surface area contributed by atoms with E-state index in [9.17, 15) is 14.4 Å². The average Bonchev–Trinajstić information content (AvgIpc) is 2.36. The third-order valence-electron chi connectivity index (χ3n) is 2.10. The maximum atomic E-state index is 11.3. The number of carboxylic acids is 1. The van der Waals surface area contributed by atoms with Crippen LogP contribution in [0.5, 0.6) is 5.75 Å². The lowest BCUT2D eigenvalue weighted by atomic mass is 10.1. The first kappa shape index (κ1) is 14.5. The molecule has 19 heavy (non-hydrogen) atoms. The summed E-state index contributed by atoms with van der Waals surface area (Å²) < 4.78 is 5.15. The molecule has 102 valence electrons. The molecule has 0 heterocycles. The molecule has 0 aliphatic carbocycles. The molecule has 1 aromatic carbocycles. The predicted molar refractivity (Wildman–Crippen MR) is 65.9 cm³/mol. The van der Waals surface area contributed by atoms with Crippen molar-refractivity contribution >= 4 is 17.9 Å². The predicted octanol–water partition coefficient (Wildman–Crippen LogP) is 0.148. The van der Waals surface area contributed by atoms with Gasteiger partial charge in [0.25, 0.3) is 5.91 Å². The van der Waals surface area contributed by atoms with Gasteiger partial charge in [-0.3, -0.25) is 14.9 Å². The fourth-order valence-corrected chi connectivity index (χ4v) is 1.29. The second-order valence-corrected chi connectivity index (χ2v) is 3.63. The standard InChI is InChI=1S/C12H14N2O5/c1-13-12(18)14-10(15)7-19-9-4-2-3-8(5-9)6-11(16)17/h2-5H,6-7H2,1H3,(H,16,17)(H2,13,14,15,18). The molecule has 0 aromatic heterocycles. The van der Waals surface area contributed by atoms with E-state index in [0.29, 0.717) is 11.3 Å². The molecular weight excluding hydrogens is 252 g/mol. The normalized spacial score (nSPS) is 9.53. The number of carbonyl (C=O) groups excluding carboxylic acids is 2. The van der Waals surface area contributed by atoms with Gasteiger partial charge < -0.3 is 15.2 Å². The monoisotopic (exact) mass is 266 g/mol. The Labute approximate surface area is 109 Å². The Morgan fingerprint density at radius 1 is 1.32 bits per heavy atom. The molecule has 0 spiro atoms. The van der Waals surface area contributed by atoms with E-state index in [1.807, 2.05) is 5.32 Å². The molecule has 3 amide bonds. The third-order valence-corrected chi connectivity index (χ3v) is 2.10. The summed E-state index contributed by atoms with van der Waals surface area (Å²) in [6.45, 7) is -0.329. The quantitative estimate of drug-likeness (QED) is 0.703. The molecular formula is C12H14N2O5. The first-order valence-electron chi connectivity index (χ1n) is 5.46. The van der Waals surface area contributed by atoms with E-state index in [2.05, 4.69) is 5.32 Å². The van der Waals surface area contributed by atoms with E-state index in [1.54, 1.807) is 18.2 Å². The highest BCUT2D eigenvalue weighted by Crippen LogP contribution is 2.13. The minimum Gasteiger partial charge on any atom is -0.484 e. The average molecular weight is 266 g/mol.